The summed E-state index contributed by atoms with van der Waals surface area (Å²) >= 11 is 6.23. The number of anilines is 1. The van der Waals surface area contributed by atoms with Crippen LogP contribution in [0.4, 0.5) is 10.5 Å². The molecule has 2 aliphatic rings. The molecule has 5 rings (SSSR count). The number of rotatable bonds is 2. The minimum Gasteiger partial charge on any atom is -0.441 e. The lowest BCUT2D eigenvalue weighted by Gasteiger charge is -2.29. The minimum atomic E-state index is -0.556. The van der Waals surface area contributed by atoms with E-state index in [1.165, 1.54) is 0 Å². The number of aromatic nitrogens is 3. The van der Waals surface area contributed by atoms with Crippen LogP contribution in [0.5, 0.6) is 0 Å². The summed E-state index contributed by atoms with van der Waals surface area (Å²) in [5.41, 5.74) is 2.21. The van der Waals surface area contributed by atoms with Crippen LogP contribution in [0.25, 0.3) is 10.9 Å². The normalized spacial score (nSPS) is 18.2. The molecule has 150 valence electrons. The average molecular weight is 414 g/mol. The van der Waals surface area contributed by atoms with Crippen molar-refractivity contribution < 1.29 is 14.3 Å². The van der Waals surface area contributed by atoms with Gasteiger partial charge in [-0.2, -0.15) is 5.10 Å². The van der Waals surface area contributed by atoms with Crippen molar-refractivity contribution in [3.63, 3.8) is 0 Å². The van der Waals surface area contributed by atoms with Crippen LogP contribution in [-0.2, 0) is 17.8 Å². The van der Waals surface area contributed by atoms with Gasteiger partial charge in [0.15, 0.2) is 0 Å². The zero-order chi connectivity index (χ0) is 20.3. The Morgan fingerprint density at radius 1 is 1.31 bits per heavy atom. The first-order chi connectivity index (χ1) is 13.8. The number of carbonyl (C=O) groups excluding carboxylic acids is 2. The highest BCUT2D eigenvalue weighted by Gasteiger charge is 2.40. The molecule has 9 heteroatoms. The lowest BCUT2D eigenvalue weighted by Crippen LogP contribution is -2.39. The molecule has 29 heavy (non-hydrogen) atoms. The fourth-order valence-corrected chi connectivity index (χ4v) is 4.22. The molecule has 0 unspecified atom stereocenters. The number of carbonyl (C=O) groups is 2. The summed E-state index contributed by atoms with van der Waals surface area (Å²) in [6.07, 6.45) is 1.29. The molecule has 0 bridgehead atoms. The van der Waals surface area contributed by atoms with E-state index in [2.05, 4.69) is 10.1 Å². The van der Waals surface area contributed by atoms with Crippen LogP contribution in [0.1, 0.15) is 30.0 Å². The first-order valence-corrected chi connectivity index (χ1v) is 9.82. The van der Waals surface area contributed by atoms with Crippen molar-refractivity contribution in [3.05, 3.63) is 46.9 Å². The van der Waals surface area contributed by atoms with Gasteiger partial charge in [0.05, 0.1) is 47.8 Å². The van der Waals surface area contributed by atoms with Gasteiger partial charge in [-0.05, 0) is 26.0 Å². The molecule has 0 atom stereocenters. The van der Waals surface area contributed by atoms with Gasteiger partial charge >= 0.3 is 6.09 Å². The standard InChI is InChI=1S/C20H20ClN5O3/c1-20(2)11-25(19(28)29-20)15-9-22-26-7-6-24(10-16(15)26)18(27)14-8-12-4-3-5-13(21)17(12)23-14/h3-5,8-9,23H,6-7,10-11H2,1-2H3. The molecule has 1 saturated heterocycles. The molecule has 2 amide bonds. The Morgan fingerprint density at radius 2 is 2.14 bits per heavy atom. The molecule has 1 N–H and O–H groups in total. The Morgan fingerprint density at radius 3 is 2.86 bits per heavy atom. The van der Waals surface area contributed by atoms with Crippen LogP contribution in [-0.4, -0.2) is 50.4 Å². The van der Waals surface area contributed by atoms with E-state index in [1.807, 2.05) is 36.7 Å². The van der Waals surface area contributed by atoms with E-state index in [-0.39, 0.29) is 12.0 Å². The van der Waals surface area contributed by atoms with Gasteiger partial charge in [-0.25, -0.2) is 4.79 Å². The Balaban J connectivity index is 1.43. The van der Waals surface area contributed by atoms with Crippen LogP contribution in [0.15, 0.2) is 30.5 Å². The van der Waals surface area contributed by atoms with Crippen LogP contribution >= 0.6 is 11.6 Å². The maximum Gasteiger partial charge on any atom is 0.415 e. The molecule has 0 radical (unpaired) electrons. The van der Waals surface area contributed by atoms with E-state index in [0.29, 0.717) is 42.6 Å². The lowest BCUT2D eigenvalue weighted by atomic mass is 10.1. The third kappa shape index (κ3) is 2.95. The van der Waals surface area contributed by atoms with E-state index in [4.69, 9.17) is 16.3 Å². The highest BCUT2D eigenvalue weighted by molar-refractivity contribution is 6.35. The van der Waals surface area contributed by atoms with Crippen LogP contribution in [0.2, 0.25) is 5.02 Å². The van der Waals surface area contributed by atoms with Crippen molar-refractivity contribution >= 4 is 40.2 Å². The zero-order valence-corrected chi connectivity index (χ0v) is 16.9. The SMILES string of the molecule is CC1(C)CN(c2cnn3c2CN(C(=O)c2cc4cccc(Cl)c4[nH]2)CC3)C(=O)O1. The van der Waals surface area contributed by atoms with Crippen LogP contribution in [0, 0.1) is 0 Å². The van der Waals surface area contributed by atoms with Gasteiger partial charge in [0.2, 0.25) is 0 Å². The first-order valence-electron chi connectivity index (χ1n) is 9.44. The molecule has 0 spiro atoms. The van der Waals surface area contributed by atoms with E-state index < -0.39 is 5.60 Å². The van der Waals surface area contributed by atoms with Gasteiger partial charge in [0, 0.05) is 11.9 Å². The maximum atomic E-state index is 13.1. The Labute approximate surface area is 172 Å². The summed E-state index contributed by atoms with van der Waals surface area (Å²) in [6.45, 7) is 5.65. The summed E-state index contributed by atoms with van der Waals surface area (Å²) in [5.74, 6) is -0.111. The first kappa shape index (κ1) is 18.1. The molecular weight excluding hydrogens is 394 g/mol. The number of ether oxygens (including phenoxy) is 1. The van der Waals surface area contributed by atoms with Crippen molar-refractivity contribution in [2.24, 2.45) is 0 Å². The topological polar surface area (TPSA) is 83.5 Å². The minimum absolute atomic E-state index is 0.111. The summed E-state index contributed by atoms with van der Waals surface area (Å²) in [6, 6.07) is 7.38. The molecule has 1 aromatic carbocycles. The third-order valence-electron chi connectivity index (χ3n) is 5.39. The van der Waals surface area contributed by atoms with Crippen molar-refractivity contribution in [2.75, 3.05) is 18.0 Å². The molecule has 4 heterocycles. The monoisotopic (exact) mass is 413 g/mol. The maximum absolute atomic E-state index is 13.1. The number of benzene rings is 1. The number of hydrogen-bond donors (Lipinski definition) is 1. The number of hydrogen-bond acceptors (Lipinski definition) is 4. The van der Waals surface area contributed by atoms with E-state index >= 15 is 0 Å². The number of nitrogens with one attached hydrogen (secondary N) is 1. The molecule has 0 aliphatic carbocycles. The number of nitrogens with zero attached hydrogens (tertiary/aromatic N) is 4. The van der Waals surface area contributed by atoms with Crippen molar-refractivity contribution in [3.8, 4) is 0 Å². The van der Waals surface area contributed by atoms with Crippen LogP contribution in [0.3, 0.4) is 0 Å². The Kier molecular flexibility index (Phi) is 3.89. The summed E-state index contributed by atoms with van der Waals surface area (Å²) in [7, 11) is 0. The van der Waals surface area contributed by atoms with Gasteiger partial charge in [-0.3, -0.25) is 14.4 Å². The van der Waals surface area contributed by atoms with Gasteiger partial charge in [-0.15, -0.1) is 0 Å². The molecule has 2 aliphatic heterocycles. The molecule has 2 aromatic heterocycles. The third-order valence-corrected chi connectivity index (χ3v) is 5.70. The predicted molar refractivity (Wildman–Crippen MR) is 108 cm³/mol. The smallest absolute Gasteiger partial charge is 0.415 e. The molecule has 0 saturated carbocycles. The van der Waals surface area contributed by atoms with Gasteiger partial charge in [0.25, 0.3) is 5.91 Å². The number of cyclic esters (lactones) is 1. The van der Waals surface area contributed by atoms with Crippen molar-refractivity contribution in [1.29, 1.82) is 0 Å². The zero-order valence-electron chi connectivity index (χ0n) is 16.1. The fourth-order valence-electron chi connectivity index (χ4n) is 3.99. The largest absolute Gasteiger partial charge is 0.441 e. The second-order valence-electron chi connectivity index (χ2n) is 8.03. The summed E-state index contributed by atoms with van der Waals surface area (Å²) in [4.78, 5) is 31.9. The predicted octanol–water partition coefficient (Wildman–Crippen LogP) is 3.41. The highest BCUT2D eigenvalue weighted by atomic mass is 35.5. The second kappa shape index (κ2) is 6.25. The van der Waals surface area contributed by atoms with Crippen LogP contribution < -0.4 is 4.90 Å². The van der Waals surface area contributed by atoms with E-state index in [1.54, 1.807) is 22.1 Å². The van der Waals surface area contributed by atoms with Crippen molar-refractivity contribution in [1.82, 2.24) is 19.7 Å². The average Bonchev–Trinajstić information content (AvgIpc) is 3.35. The number of para-hydroxylation sites is 1. The Bertz CT molecular complexity index is 1150. The highest BCUT2D eigenvalue weighted by Crippen LogP contribution is 2.32. The number of H-pyrrole nitrogens is 1. The number of fused-ring (bicyclic) bond motifs is 2. The molecule has 8 nitrogen and oxygen atoms in total. The molecule has 3 aromatic rings. The van der Waals surface area contributed by atoms with Gasteiger partial charge in [-0.1, -0.05) is 23.7 Å². The molecular formula is C20H20ClN5O3. The van der Waals surface area contributed by atoms with E-state index in [0.717, 1.165) is 16.6 Å². The summed E-state index contributed by atoms with van der Waals surface area (Å²) in [5, 5.41) is 5.87. The van der Waals surface area contributed by atoms with Gasteiger partial charge in [0.1, 0.15) is 11.3 Å². The van der Waals surface area contributed by atoms with Crippen molar-refractivity contribution in [2.45, 2.75) is 32.5 Å². The number of halogens is 1. The quantitative estimate of drug-likeness (QED) is 0.697. The van der Waals surface area contributed by atoms with Gasteiger partial charge < -0.3 is 14.6 Å². The Hall–Kier alpha value is -3.00. The lowest BCUT2D eigenvalue weighted by molar-refractivity contribution is 0.0701. The summed E-state index contributed by atoms with van der Waals surface area (Å²) < 4.78 is 7.26. The fraction of sp³-hybridized carbons (Fsp3) is 0.350. The second-order valence-corrected chi connectivity index (χ2v) is 8.43. The number of amides is 2. The molecule has 1 fully saturated rings. The number of aromatic amines is 1. The van der Waals surface area contributed by atoms with E-state index in [9.17, 15) is 9.59 Å².